The Hall–Kier alpha value is -2.25. The lowest BCUT2D eigenvalue weighted by Gasteiger charge is -2.25. The maximum Gasteiger partial charge on any atom is 0.524 e. The van der Waals surface area contributed by atoms with Crippen LogP contribution in [0.3, 0.4) is 0 Å². The molecule has 2 rings (SSSR count). The second-order valence-electron chi connectivity index (χ2n) is 5.51. The van der Waals surface area contributed by atoms with Crippen molar-refractivity contribution < 1.29 is 39.3 Å². The number of hydrogen-bond donors (Lipinski definition) is 6. The van der Waals surface area contributed by atoms with Crippen LogP contribution in [0.15, 0.2) is 36.4 Å². The maximum absolute atomic E-state index is 11.1. The van der Waals surface area contributed by atoms with Crippen molar-refractivity contribution in [1.82, 2.24) is 0 Å². The number of benzene rings is 2. The van der Waals surface area contributed by atoms with E-state index in [1.165, 1.54) is 12.1 Å². The fraction of sp³-hybridized carbons (Fsp3) is 0.250. The molecule has 2 atom stereocenters. The van der Waals surface area contributed by atoms with Gasteiger partial charge in [0.05, 0.1) is 11.7 Å². The molecule has 2 aromatic rings. The van der Waals surface area contributed by atoms with Gasteiger partial charge in [0.15, 0.2) is 0 Å². The van der Waals surface area contributed by atoms with E-state index in [2.05, 4.69) is 4.52 Å². The SMILES string of the molecule is CCC(c1ccc(O)cc1)C(O)c1c(O)cc(O)cc1OP(=O)(O)O. The summed E-state index contributed by atoms with van der Waals surface area (Å²) >= 11 is 0. The summed E-state index contributed by atoms with van der Waals surface area (Å²) in [4.78, 5) is 18.0. The highest BCUT2D eigenvalue weighted by Gasteiger charge is 2.30. The number of hydrogen-bond acceptors (Lipinski definition) is 6. The average molecular weight is 370 g/mol. The summed E-state index contributed by atoms with van der Waals surface area (Å²) in [6, 6.07) is 7.90. The Kier molecular flexibility index (Phi) is 5.59. The van der Waals surface area contributed by atoms with Gasteiger partial charge in [-0.2, -0.15) is 0 Å². The molecule has 2 unspecified atom stereocenters. The fourth-order valence-electron chi connectivity index (χ4n) is 2.66. The Labute approximate surface area is 143 Å². The number of phenols is 3. The van der Waals surface area contributed by atoms with Gasteiger partial charge >= 0.3 is 7.82 Å². The first-order valence-corrected chi connectivity index (χ1v) is 8.93. The van der Waals surface area contributed by atoms with Gasteiger partial charge in [-0.3, -0.25) is 9.79 Å². The summed E-state index contributed by atoms with van der Waals surface area (Å²) in [7, 11) is -4.98. The van der Waals surface area contributed by atoms with Gasteiger partial charge in [0.25, 0.3) is 0 Å². The summed E-state index contributed by atoms with van der Waals surface area (Å²) in [6.07, 6.45) is -0.960. The normalized spacial score (nSPS) is 14.1. The first-order valence-electron chi connectivity index (χ1n) is 7.40. The van der Waals surface area contributed by atoms with Gasteiger partial charge in [-0.15, -0.1) is 0 Å². The van der Waals surface area contributed by atoms with Crippen molar-refractivity contribution in [2.24, 2.45) is 0 Å². The summed E-state index contributed by atoms with van der Waals surface area (Å²) in [6.45, 7) is 1.78. The van der Waals surface area contributed by atoms with E-state index in [1.807, 2.05) is 0 Å². The molecule has 0 bridgehead atoms. The molecule has 0 aliphatic heterocycles. The molecule has 0 aromatic heterocycles. The summed E-state index contributed by atoms with van der Waals surface area (Å²) in [5.41, 5.74) is 0.392. The Morgan fingerprint density at radius 3 is 2.16 bits per heavy atom. The number of aromatic hydroxyl groups is 3. The minimum atomic E-state index is -4.98. The van der Waals surface area contributed by atoms with Crippen LogP contribution >= 0.6 is 7.82 Å². The Morgan fingerprint density at radius 2 is 1.64 bits per heavy atom. The van der Waals surface area contributed by atoms with Gasteiger partial charge in [0.2, 0.25) is 0 Å². The molecule has 0 saturated carbocycles. The molecule has 0 spiro atoms. The summed E-state index contributed by atoms with van der Waals surface area (Å²) in [5.74, 6) is -2.07. The van der Waals surface area contributed by atoms with Gasteiger partial charge in [0, 0.05) is 18.1 Å². The highest BCUT2D eigenvalue weighted by molar-refractivity contribution is 7.46. The summed E-state index contributed by atoms with van der Waals surface area (Å²) < 4.78 is 15.7. The van der Waals surface area contributed by atoms with Crippen LogP contribution in [0.2, 0.25) is 0 Å². The van der Waals surface area contributed by atoms with Crippen molar-refractivity contribution in [3.8, 4) is 23.0 Å². The van der Waals surface area contributed by atoms with E-state index < -0.39 is 37.1 Å². The lowest BCUT2D eigenvalue weighted by Crippen LogP contribution is -2.12. The third kappa shape index (κ3) is 4.64. The zero-order chi connectivity index (χ0) is 18.8. The molecule has 136 valence electrons. The Balaban J connectivity index is 2.50. The fourth-order valence-corrected chi connectivity index (χ4v) is 3.07. The number of phosphoric ester groups is 1. The first-order chi connectivity index (χ1) is 11.6. The number of rotatable bonds is 6. The maximum atomic E-state index is 11.1. The number of phenolic OH excluding ortho intramolecular Hbond substituents is 3. The van der Waals surface area contributed by atoms with Crippen molar-refractivity contribution in [2.45, 2.75) is 25.4 Å². The highest BCUT2D eigenvalue weighted by Crippen LogP contribution is 2.48. The van der Waals surface area contributed by atoms with E-state index in [9.17, 15) is 25.0 Å². The lowest BCUT2D eigenvalue weighted by atomic mass is 9.86. The smallest absolute Gasteiger partial charge is 0.508 e. The lowest BCUT2D eigenvalue weighted by molar-refractivity contribution is 0.136. The molecule has 25 heavy (non-hydrogen) atoms. The van der Waals surface area contributed by atoms with Gasteiger partial charge < -0.3 is 24.9 Å². The third-order valence-electron chi connectivity index (χ3n) is 3.76. The van der Waals surface area contributed by atoms with Crippen LogP contribution < -0.4 is 4.52 Å². The highest BCUT2D eigenvalue weighted by atomic mass is 31.2. The van der Waals surface area contributed by atoms with E-state index >= 15 is 0 Å². The molecule has 0 radical (unpaired) electrons. The summed E-state index contributed by atoms with van der Waals surface area (Å²) in [5, 5.41) is 39.7. The zero-order valence-electron chi connectivity index (χ0n) is 13.3. The van der Waals surface area contributed by atoms with Crippen LogP contribution in [-0.4, -0.2) is 30.2 Å². The number of phosphoric acid groups is 1. The molecular formula is C16H19O8P. The molecule has 8 nitrogen and oxygen atoms in total. The molecule has 0 aliphatic carbocycles. The van der Waals surface area contributed by atoms with Crippen LogP contribution in [0.1, 0.15) is 36.5 Å². The van der Waals surface area contributed by atoms with Crippen LogP contribution in [0.5, 0.6) is 23.0 Å². The Morgan fingerprint density at radius 1 is 1.04 bits per heavy atom. The van der Waals surface area contributed by atoms with E-state index in [0.29, 0.717) is 12.0 Å². The minimum Gasteiger partial charge on any atom is -0.508 e. The van der Waals surface area contributed by atoms with Gasteiger partial charge in [-0.05, 0) is 24.1 Å². The van der Waals surface area contributed by atoms with Crippen LogP contribution in [0.4, 0.5) is 0 Å². The predicted molar refractivity (Wildman–Crippen MR) is 88.5 cm³/mol. The molecule has 0 aliphatic rings. The van der Waals surface area contributed by atoms with E-state index in [1.54, 1.807) is 19.1 Å². The van der Waals surface area contributed by atoms with E-state index in [0.717, 1.165) is 12.1 Å². The van der Waals surface area contributed by atoms with E-state index in [4.69, 9.17) is 9.79 Å². The molecule has 6 N–H and O–H groups in total. The van der Waals surface area contributed by atoms with Gasteiger partial charge in [-0.25, -0.2) is 4.57 Å². The van der Waals surface area contributed by atoms with Crippen LogP contribution in [0, 0.1) is 0 Å². The van der Waals surface area contributed by atoms with E-state index in [-0.39, 0.29) is 11.3 Å². The van der Waals surface area contributed by atoms with Crippen molar-refractivity contribution >= 4 is 7.82 Å². The molecule has 0 fully saturated rings. The van der Waals surface area contributed by atoms with Gasteiger partial charge in [-0.1, -0.05) is 19.1 Å². The monoisotopic (exact) mass is 370 g/mol. The zero-order valence-corrected chi connectivity index (χ0v) is 14.2. The average Bonchev–Trinajstić information content (AvgIpc) is 2.47. The van der Waals surface area contributed by atoms with Crippen molar-refractivity contribution in [3.63, 3.8) is 0 Å². The first kappa shape index (κ1) is 19.1. The third-order valence-corrected chi connectivity index (χ3v) is 4.19. The van der Waals surface area contributed by atoms with Crippen LogP contribution in [0.25, 0.3) is 0 Å². The molecular weight excluding hydrogens is 351 g/mol. The number of aliphatic hydroxyl groups excluding tert-OH is 1. The van der Waals surface area contributed by atoms with Gasteiger partial charge in [0.1, 0.15) is 23.0 Å². The standard InChI is InChI=1S/C16H19O8P/c1-2-12(9-3-5-10(17)6-4-9)16(20)15-13(19)7-11(18)8-14(15)24-25(21,22)23/h3-8,12,16-20H,2H2,1H3,(H2,21,22,23). The second-order valence-corrected chi connectivity index (χ2v) is 6.67. The quantitative estimate of drug-likeness (QED) is 0.425. The molecule has 0 amide bonds. The minimum absolute atomic E-state index is 0.0473. The number of aliphatic hydroxyl groups is 1. The molecule has 2 aromatic carbocycles. The Bertz CT molecular complexity index is 783. The predicted octanol–water partition coefficient (Wildman–Crippen LogP) is 2.50. The molecule has 9 heteroatoms. The van der Waals surface area contributed by atoms with Crippen LogP contribution in [-0.2, 0) is 4.57 Å². The molecule has 0 heterocycles. The topological polar surface area (TPSA) is 148 Å². The van der Waals surface area contributed by atoms with Crippen molar-refractivity contribution in [2.75, 3.05) is 0 Å². The molecule has 0 saturated heterocycles. The van der Waals surface area contributed by atoms with Crippen molar-refractivity contribution in [3.05, 3.63) is 47.5 Å². The second kappa shape index (κ2) is 7.33. The van der Waals surface area contributed by atoms with Crippen molar-refractivity contribution in [1.29, 1.82) is 0 Å². The largest absolute Gasteiger partial charge is 0.524 e.